The smallest absolute Gasteiger partial charge is 0.293 e. The molecular formula is C20H26N4O4S. The van der Waals surface area contributed by atoms with Gasteiger partial charge in [-0.3, -0.25) is 10.1 Å². The van der Waals surface area contributed by atoms with Crippen molar-refractivity contribution in [1.29, 1.82) is 0 Å². The van der Waals surface area contributed by atoms with E-state index >= 15 is 0 Å². The summed E-state index contributed by atoms with van der Waals surface area (Å²) in [7, 11) is 0.182. The summed E-state index contributed by atoms with van der Waals surface area (Å²) in [5.41, 5.74) is 1.15. The fraction of sp³-hybridized carbons (Fsp3) is 0.400. The average molecular weight is 419 g/mol. The molecule has 1 fully saturated rings. The number of hydrogen-bond acceptors (Lipinski definition) is 6. The van der Waals surface area contributed by atoms with E-state index in [1.807, 2.05) is 49.3 Å². The molecule has 0 unspecified atom stereocenters. The highest BCUT2D eigenvalue weighted by atomic mass is 32.2. The maximum Gasteiger partial charge on any atom is 0.293 e. The fourth-order valence-electron chi connectivity index (χ4n) is 3.53. The highest BCUT2D eigenvalue weighted by Crippen LogP contribution is 2.31. The maximum atomic E-state index is 12.7. The second-order valence-electron chi connectivity index (χ2n) is 7.32. The SMILES string of the molecule is CN(C)[C@@H](CNc1ccc(S(=O)(=O)N2CCCC2)cc1[N+](=O)[O-])c1ccccc1. The number of nitrogens with one attached hydrogen (secondary N) is 1. The molecule has 0 aliphatic carbocycles. The molecule has 0 bridgehead atoms. The van der Waals surface area contributed by atoms with Crippen molar-refractivity contribution < 1.29 is 13.3 Å². The van der Waals surface area contributed by atoms with Gasteiger partial charge in [-0.15, -0.1) is 0 Å². The van der Waals surface area contributed by atoms with E-state index in [2.05, 4.69) is 5.32 Å². The van der Waals surface area contributed by atoms with E-state index in [1.165, 1.54) is 16.4 Å². The van der Waals surface area contributed by atoms with Crippen molar-refractivity contribution in [3.05, 3.63) is 64.2 Å². The van der Waals surface area contributed by atoms with Crippen LogP contribution in [0.1, 0.15) is 24.4 Å². The Morgan fingerprint density at radius 3 is 2.38 bits per heavy atom. The van der Waals surface area contributed by atoms with Crippen LogP contribution in [-0.4, -0.2) is 56.3 Å². The van der Waals surface area contributed by atoms with Crippen LogP contribution in [0, 0.1) is 10.1 Å². The lowest BCUT2D eigenvalue weighted by atomic mass is 10.1. The number of nitrogens with zero attached hydrogens (tertiary/aromatic N) is 3. The molecule has 29 heavy (non-hydrogen) atoms. The van der Waals surface area contributed by atoms with Crippen molar-refractivity contribution in [2.45, 2.75) is 23.8 Å². The first-order chi connectivity index (χ1) is 13.8. The summed E-state index contributed by atoms with van der Waals surface area (Å²) in [5.74, 6) is 0. The monoisotopic (exact) mass is 418 g/mol. The molecule has 156 valence electrons. The Morgan fingerprint density at radius 2 is 1.79 bits per heavy atom. The van der Waals surface area contributed by atoms with Gasteiger partial charge in [0.05, 0.1) is 15.9 Å². The van der Waals surface area contributed by atoms with Crippen molar-refractivity contribution in [1.82, 2.24) is 9.21 Å². The summed E-state index contributed by atoms with van der Waals surface area (Å²) < 4.78 is 26.9. The molecule has 0 aromatic heterocycles. The standard InChI is InChI=1S/C20H26N4O4S/c1-22(2)20(16-8-4-3-5-9-16)15-21-18-11-10-17(14-19(18)24(25)26)29(27,28)23-12-6-7-13-23/h3-5,8-11,14,20-21H,6-7,12-13,15H2,1-2H3/t20-/m0/s1. The lowest BCUT2D eigenvalue weighted by molar-refractivity contribution is -0.384. The number of likely N-dealkylation sites (N-methyl/N-ethyl adjacent to an activating group) is 1. The van der Waals surface area contributed by atoms with Crippen LogP contribution < -0.4 is 5.32 Å². The number of hydrogen-bond donors (Lipinski definition) is 1. The Hall–Kier alpha value is -2.49. The van der Waals surface area contributed by atoms with Gasteiger partial charge in [-0.1, -0.05) is 30.3 Å². The van der Waals surface area contributed by atoms with E-state index < -0.39 is 14.9 Å². The quantitative estimate of drug-likeness (QED) is 0.523. The molecule has 0 saturated carbocycles. The third-order valence-corrected chi connectivity index (χ3v) is 7.06. The van der Waals surface area contributed by atoms with Gasteiger partial charge in [0.2, 0.25) is 10.0 Å². The molecule has 3 rings (SSSR count). The van der Waals surface area contributed by atoms with Crippen molar-refractivity contribution >= 4 is 21.4 Å². The number of benzene rings is 2. The van der Waals surface area contributed by atoms with Crippen LogP contribution in [-0.2, 0) is 10.0 Å². The Labute approximate surface area is 171 Å². The predicted octanol–water partition coefficient (Wildman–Crippen LogP) is 3.09. The molecule has 8 nitrogen and oxygen atoms in total. The first-order valence-corrected chi connectivity index (χ1v) is 11.0. The number of sulfonamides is 1. The van der Waals surface area contributed by atoms with Crippen molar-refractivity contribution in [2.75, 3.05) is 39.0 Å². The van der Waals surface area contributed by atoms with Gasteiger partial charge in [-0.25, -0.2) is 8.42 Å². The summed E-state index contributed by atoms with van der Waals surface area (Å²) in [5, 5.41) is 14.7. The molecule has 1 N–H and O–H groups in total. The first-order valence-electron chi connectivity index (χ1n) is 9.54. The molecular weight excluding hydrogens is 392 g/mol. The number of rotatable bonds is 8. The molecule has 0 amide bonds. The van der Waals surface area contributed by atoms with Crippen molar-refractivity contribution in [2.24, 2.45) is 0 Å². The molecule has 9 heteroatoms. The zero-order valence-corrected chi connectivity index (χ0v) is 17.4. The highest BCUT2D eigenvalue weighted by molar-refractivity contribution is 7.89. The summed E-state index contributed by atoms with van der Waals surface area (Å²) in [6.45, 7) is 1.35. The van der Waals surface area contributed by atoms with Gasteiger partial charge in [0.1, 0.15) is 5.69 Å². The predicted molar refractivity (Wildman–Crippen MR) is 112 cm³/mol. The minimum atomic E-state index is -3.71. The summed E-state index contributed by atoms with van der Waals surface area (Å²) in [6, 6.07) is 13.9. The minimum absolute atomic E-state index is 0.00353. The van der Waals surface area contributed by atoms with Gasteiger partial charge in [0.25, 0.3) is 5.69 Å². The molecule has 0 radical (unpaired) electrons. The third kappa shape index (κ3) is 4.75. The van der Waals surface area contributed by atoms with Gasteiger partial charge in [0.15, 0.2) is 0 Å². The summed E-state index contributed by atoms with van der Waals surface area (Å²) in [4.78, 5) is 13.1. The van der Waals surface area contributed by atoms with E-state index in [0.717, 1.165) is 24.5 Å². The summed E-state index contributed by atoms with van der Waals surface area (Å²) in [6.07, 6.45) is 1.62. The van der Waals surface area contributed by atoms with Crippen LogP contribution in [0.3, 0.4) is 0 Å². The van der Waals surface area contributed by atoms with E-state index in [-0.39, 0.29) is 16.6 Å². The van der Waals surface area contributed by atoms with Gasteiger partial charge in [-0.05, 0) is 44.6 Å². The normalized spacial score (nSPS) is 16.1. The van der Waals surface area contributed by atoms with Crippen molar-refractivity contribution in [3.8, 4) is 0 Å². The summed E-state index contributed by atoms with van der Waals surface area (Å²) >= 11 is 0. The topological polar surface area (TPSA) is 95.8 Å². The van der Waals surface area contributed by atoms with Gasteiger partial charge in [-0.2, -0.15) is 4.31 Å². The Bertz CT molecular complexity index is 958. The molecule has 0 spiro atoms. The van der Waals surface area contributed by atoms with E-state index in [4.69, 9.17) is 0 Å². The number of anilines is 1. The molecule has 1 aliphatic heterocycles. The second-order valence-corrected chi connectivity index (χ2v) is 9.26. The third-order valence-electron chi connectivity index (χ3n) is 5.16. The van der Waals surface area contributed by atoms with E-state index in [9.17, 15) is 18.5 Å². The van der Waals surface area contributed by atoms with Crippen LogP contribution >= 0.6 is 0 Å². The van der Waals surface area contributed by atoms with Crippen LogP contribution in [0.15, 0.2) is 53.4 Å². The fourth-order valence-corrected chi connectivity index (χ4v) is 5.07. The Balaban J connectivity index is 1.85. The lowest BCUT2D eigenvalue weighted by Crippen LogP contribution is -2.28. The zero-order valence-electron chi connectivity index (χ0n) is 16.6. The Morgan fingerprint density at radius 1 is 1.14 bits per heavy atom. The molecule has 2 aromatic carbocycles. The van der Waals surface area contributed by atoms with E-state index in [1.54, 1.807) is 0 Å². The molecule has 2 aromatic rings. The zero-order chi connectivity index (χ0) is 21.0. The van der Waals surface area contributed by atoms with Crippen LogP contribution in [0.4, 0.5) is 11.4 Å². The van der Waals surface area contributed by atoms with Crippen LogP contribution in [0.2, 0.25) is 0 Å². The average Bonchev–Trinajstić information content (AvgIpc) is 3.24. The number of nitro groups is 1. The second kappa shape index (κ2) is 8.89. The van der Waals surface area contributed by atoms with Gasteiger partial charge < -0.3 is 10.2 Å². The van der Waals surface area contributed by atoms with E-state index in [0.29, 0.717) is 25.3 Å². The maximum absolute atomic E-state index is 12.7. The Kier molecular flexibility index (Phi) is 6.51. The molecule has 1 aliphatic rings. The lowest BCUT2D eigenvalue weighted by Gasteiger charge is -2.25. The van der Waals surface area contributed by atoms with Gasteiger partial charge >= 0.3 is 0 Å². The number of nitro benzene ring substituents is 1. The molecule has 1 heterocycles. The minimum Gasteiger partial charge on any atom is -0.378 e. The largest absolute Gasteiger partial charge is 0.378 e. The van der Waals surface area contributed by atoms with Crippen molar-refractivity contribution in [3.63, 3.8) is 0 Å². The highest BCUT2D eigenvalue weighted by Gasteiger charge is 2.29. The first kappa shape index (κ1) is 21.2. The van der Waals surface area contributed by atoms with Gasteiger partial charge in [0, 0.05) is 25.7 Å². The van der Waals surface area contributed by atoms with Crippen LogP contribution in [0.25, 0.3) is 0 Å². The molecule has 1 atom stereocenters. The molecule has 1 saturated heterocycles. The van der Waals surface area contributed by atoms with Crippen LogP contribution in [0.5, 0.6) is 0 Å².